The Morgan fingerprint density at radius 3 is 2.74 bits per heavy atom. The maximum atomic E-state index is 13.9. The fourth-order valence-corrected chi connectivity index (χ4v) is 6.13. The normalized spacial score (nSPS) is 16.7. The van der Waals surface area contributed by atoms with Crippen molar-refractivity contribution in [3.63, 3.8) is 0 Å². The van der Waals surface area contributed by atoms with Crippen molar-refractivity contribution in [2.24, 2.45) is 5.92 Å². The smallest absolute Gasteiger partial charge is 0.271 e. The Morgan fingerprint density at radius 1 is 1.17 bits per heavy atom. The monoisotopic (exact) mass is 507 g/mol. The lowest BCUT2D eigenvalue weighted by Gasteiger charge is -2.33. The van der Waals surface area contributed by atoms with E-state index in [9.17, 15) is 4.79 Å². The highest BCUT2D eigenvalue weighted by Gasteiger charge is 2.24. The molecule has 1 aliphatic rings. The number of halogens is 1. The van der Waals surface area contributed by atoms with Crippen LogP contribution in [0.2, 0.25) is 5.02 Å². The van der Waals surface area contributed by atoms with Crippen LogP contribution in [0.5, 0.6) is 0 Å². The zero-order valence-corrected chi connectivity index (χ0v) is 21.7. The van der Waals surface area contributed by atoms with E-state index in [2.05, 4.69) is 24.0 Å². The van der Waals surface area contributed by atoms with Crippen LogP contribution in [-0.2, 0) is 11.3 Å². The third-order valence-corrected chi connectivity index (χ3v) is 8.22. The third-order valence-electron chi connectivity index (χ3n) is 6.80. The number of fused-ring (bicyclic) bond motifs is 1. The van der Waals surface area contributed by atoms with Crippen LogP contribution in [-0.4, -0.2) is 47.8 Å². The Kier molecular flexibility index (Phi) is 7.35. The van der Waals surface area contributed by atoms with Crippen LogP contribution in [0.15, 0.2) is 59.4 Å². The highest BCUT2D eigenvalue weighted by molar-refractivity contribution is 7.22. The maximum absolute atomic E-state index is 13.9. The van der Waals surface area contributed by atoms with E-state index in [0.29, 0.717) is 22.2 Å². The Morgan fingerprint density at radius 2 is 1.97 bits per heavy atom. The molecule has 5 rings (SSSR count). The van der Waals surface area contributed by atoms with Crippen LogP contribution in [0.3, 0.4) is 0 Å². The highest BCUT2D eigenvalue weighted by atomic mass is 35.5. The first kappa shape index (κ1) is 24.2. The van der Waals surface area contributed by atoms with Gasteiger partial charge in [-0.05, 0) is 61.6 Å². The van der Waals surface area contributed by atoms with E-state index in [-0.39, 0.29) is 5.56 Å². The largest absolute Gasteiger partial charge is 0.383 e. The van der Waals surface area contributed by atoms with Crippen molar-refractivity contribution in [1.29, 1.82) is 0 Å². The maximum Gasteiger partial charge on any atom is 0.271 e. The molecular weight excluding hydrogens is 478 g/mol. The van der Waals surface area contributed by atoms with Gasteiger partial charge < -0.3 is 9.64 Å². The van der Waals surface area contributed by atoms with E-state index in [4.69, 9.17) is 21.3 Å². The summed E-state index contributed by atoms with van der Waals surface area (Å²) in [7, 11) is 1.75. The van der Waals surface area contributed by atoms with Gasteiger partial charge in [0, 0.05) is 42.2 Å². The molecule has 1 fully saturated rings. The first-order valence-corrected chi connectivity index (χ1v) is 13.3. The lowest BCUT2D eigenvalue weighted by molar-refractivity contribution is 0.109. The van der Waals surface area contributed by atoms with Crippen molar-refractivity contribution >= 4 is 33.2 Å². The second-order valence-corrected chi connectivity index (χ2v) is 10.8. The van der Waals surface area contributed by atoms with E-state index >= 15 is 0 Å². The van der Waals surface area contributed by atoms with Crippen LogP contribution in [0.1, 0.15) is 18.4 Å². The van der Waals surface area contributed by atoms with Crippen molar-refractivity contribution in [2.45, 2.75) is 26.3 Å². The third kappa shape index (κ3) is 5.21. The molecule has 0 saturated carbocycles. The molecule has 0 radical (unpaired) electrons. The molecule has 182 valence electrons. The molecule has 0 amide bonds. The van der Waals surface area contributed by atoms with Gasteiger partial charge in [-0.3, -0.25) is 9.36 Å². The average molecular weight is 508 g/mol. The highest BCUT2D eigenvalue weighted by Crippen LogP contribution is 2.33. The van der Waals surface area contributed by atoms with Crippen LogP contribution < -0.4 is 5.56 Å². The zero-order chi connectivity index (χ0) is 24.4. The Bertz CT molecular complexity index is 1380. The molecule has 2 aromatic carbocycles. The summed E-state index contributed by atoms with van der Waals surface area (Å²) in [6, 6.07) is 18.0. The summed E-state index contributed by atoms with van der Waals surface area (Å²) in [5, 5.41) is 0.698. The van der Waals surface area contributed by atoms with Crippen molar-refractivity contribution in [2.75, 3.05) is 33.4 Å². The fraction of sp³-hybridized carbons (Fsp3) is 0.357. The number of aryl methyl sites for hydroxylation is 1. The van der Waals surface area contributed by atoms with Gasteiger partial charge in [-0.15, -0.1) is 11.3 Å². The summed E-state index contributed by atoms with van der Waals surface area (Å²) in [5.41, 5.74) is 3.97. The summed E-state index contributed by atoms with van der Waals surface area (Å²) in [4.78, 5) is 22.5. The molecule has 7 heteroatoms. The van der Waals surface area contributed by atoms with Crippen molar-refractivity contribution in [3.05, 3.63) is 75.5 Å². The molecule has 0 spiro atoms. The van der Waals surface area contributed by atoms with Crippen molar-refractivity contribution in [1.82, 2.24) is 14.5 Å². The van der Waals surface area contributed by atoms with Gasteiger partial charge in [0.05, 0.1) is 12.1 Å². The quantitative estimate of drug-likeness (QED) is 0.302. The summed E-state index contributed by atoms with van der Waals surface area (Å²) < 4.78 is 7.92. The van der Waals surface area contributed by atoms with Gasteiger partial charge >= 0.3 is 0 Å². The number of benzene rings is 2. The number of hydrogen-bond acceptors (Lipinski definition) is 5. The molecular formula is C28H30ClN3O2S. The van der Waals surface area contributed by atoms with Crippen molar-refractivity contribution < 1.29 is 4.74 Å². The van der Waals surface area contributed by atoms with Crippen LogP contribution in [0.25, 0.3) is 32.0 Å². The number of piperidine rings is 1. The SMILES string of the molecule is COCCN1CCC[C@@H](Cn2c(-c3ccccc3C)nc3cc(-c4ccc(Cl)cc4)sc3c2=O)C1. The second kappa shape index (κ2) is 10.6. The standard InChI is InChI=1S/C28H30ClN3O2S/c1-19-6-3-4-8-23(19)27-30-24-16-25(21-9-11-22(29)12-10-21)35-26(24)28(33)32(27)18-20-7-5-13-31(17-20)14-15-34-2/h3-4,6,8-12,16,20H,5,7,13-15,17-18H2,1-2H3/t20-/m1/s1. The summed E-state index contributed by atoms with van der Waals surface area (Å²) in [5.74, 6) is 1.16. The molecule has 1 aliphatic heterocycles. The molecule has 35 heavy (non-hydrogen) atoms. The van der Waals surface area contributed by atoms with Gasteiger partial charge in [-0.2, -0.15) is 0 Å². The van der Waals surface area contributed by atoms with Crippen molar-refractivity contribution in [3.8, 4) is 21.8 Å². The van der Waals surface area contributed by atoms with Crippen LogP contribution >= 0.6 is 22.9 Å². The zero-order valence-electron chi connectivity index (χ0n) is 20.2. The molecule has 0 N–H and O–H groups in total. The van der Waals surface area contributed by atoms with E-state index in [1.807, 2.05) is 47.0 Å². The molecule has 4 aromatic rings. The van der Waals surface area contributed by atoms with Crippen LogP contribution in [0, 0.1) is 12.8 Å². The number of methoxy groups -OCH3 is 1. The molecule has 0 bridgehead atoms. The predicted molar refractivity (Wildman–Crippen MR) is 146 cm³/mol. The van der Waals surface area contributed by atoms with Gasteiger partial charge in [-0.1, -0.05) is 48.0 Å². The first-order chi connectivity index (χ1) is 17.0. The van der Waals surface area contributed by atoms with E-state index in [1.54, 1.807) is 7.11 Å². The van der Waals surface area contributed by atoms with E-state index in [1.165, 1.54) is 11.3 Å². The van der Waals surface area contributed by atoms with Gasteiger partial charge in [0.2, 0.25) is 0 Å². The van der Waals surface area contributed by atoms with Crippen LogP contribution in [0.4, 0.5) is 0 Å². The average Bonchev–Trinajstić information content (AvgIpc) is 3.30. The molecule has 0 aliphatic carbocycles. The minimum absolute atomic E-state index is 0.0486. The summed E-state index contributed by atoms with van der Waals surface area (Å²) in [6.07, 6.45) is 2.25. The minimum atomic E-state index is 0.0486. The molecule has 1 saturated heterocycles. The number of rotatable bonds is 7. The van der Waals surface area contributed by atoms with E-state index in [0.717, 1.165) is 72.0 Å². The lowest BCUT2D eigenvalue weighted by atomic mass is 9.97. The molecule has 1 atom stereocenters. The molecule has 5 nitrogen and oxygen atoms in total. The van der Waals surface area contributed by atoms with E-state index < -0.39 is 0 Å². The van der Waals surface area contributed by atoms with Gasteiger partial charge in [-0.25, -0.2) is 4.98 Å². The number of aromatic nitrogens is 2. The molecule has 3 heterocycles. The van der Waals surface area contributed by atoms with Gasteiger partial charge in [0.25, 0.3) is 5.56 Å². The minimum Gasteiger partial charge on any atom is -0.383 e. The predicted octanol–water partition coefficient (Wildman–Crippen LogP) is 6.11. The fourth-order valence-electron chi connectivity index (χ4n) is 4.95. The number of nitrogens with zero attached hydrogens (tertiary/aromatic N) is 3. The topological polar surface area (TPSA) is 47.4 Å². The first-order valence-electron chi connectivity index (χ1n) is 12.1. The summed E-state index contributed by atoms with van der Waals surface area (Å²) in [6.45, 7) is 6.48. The second-order valence-electron chi connectivity index (χ2n) is 9.30. The Hall–Kier alpha value is -2.51. The number of likely N-dealkylation sites (tertiary alicyclic amines) is 1. The summed E-state index contributed by atoms with van der Waals surface area (Å²) >= 11 is 7.60. The van der Waals surface area contributed by atoms with Gasteiger partial charge in [0.15, 0.2) is 0 Å². The number of hydrogen-bond donors (Lipinski definition) is 0. The molecule has 0 unspecified atom stereocenters. The Labute approximate surface area is 214 Å². The Balaban J connectivity index is 1.58. The van der Waals surface area contributed by atoms with Gasteiger partial charge in [0.1, 0.15) is 10.5 Å². The molecule has 2 aromatic heterocycles. The lowest BCUT2D eigenvalue weighted by Crippen LogP contribution is -2.40. The number of thiophene rings is 1. The number of ether oxygens (including phenoxy) is 1.